The Morgan fingerprint density at radius 2 is 1.85 bits per heavy atom. The molecule has 20 heavy (non-hydrogen) atoms. The van der Waals surface area contributed by atoms with Crippen LogP contribution in [0.4, 0.5) is 4.39 Å². The van der Waals surface area contributed by atoms with Crippen molar-refractivity contribution in [2.75, 3.05) is 0 Å². The molecule has 0 saturated heterocycles. The quantitative estimate of drug-likeness (QED) is 0.903. The molecule has 1 unspecified atom stereocenters. The van der Waals surface area contributed by atoms with Gasteiger partial charge in [-0.1, -0.05) is 18.2 Å². The van der Waals surface area contributed by atoms with Crippen molar-refractivity contribution in [1.29, 1.82) is 0 Å². The van der Waals surface area contributed by atoms with Crippen LogP contribution in [0.2, 0.25) is 0 Å². The minimum Gasteiger partial charge on any atom is -0.489 e. The van der Waals surface area contributed by atoms with Crippen LogP contribution in [0.3, 0.4) is 0 Å². The third-order valence-electron chi connectivity index (χ3n) is 3.18. The number of ether oxygens (including phenoxy) is 1. The number of hydrogen-bond donors (Lipinski definition) is 1. The number of nitrogens with two attached hydrogens (primary N) is 1. The number of halogens is 1. The molecule has 2 aromatic carbocycles. The van der Waals surface area contributed by atoms with Gasteiger partial charge in [-0.2, -0.15) is 0 Å². The van der Waals surface area contributed by atoms with E-state index in [1.165, 1.54) is 17.7 Å². The fourth-order valence-corrected chi connectivity index (χ4v) is 2.08. The first-order valence-corrected chi connectivity index (χ1v) is 6.77. The molecular formula is C17H20FNO. The van der Waals surface area contributed by atoms with Crippen LogP contribution in [0, 0.1) is 12.7 Å². The third kappa shape index (κ3) is 4.07. The Labute approximate surface area is 119 Å². The molecule has 2 aromatic rings. The summed E-state index contributed by atoms with van der Waals surface area (Å²) in [7, 11) is 0. The van der Waals surface area contributed by atoms with Crippen LogP contribution in [-0.4, -0.2) is 6.04 Å². The SMILES string of the molecule is Cc1cc(F)ccc1COc1ccc(CC(C)N)cc1. The first-order valence-electron chi connectivity index (χ1n) is 6.77. The number of rotatable bonds is 5. The molecule has 0 aliphatic rings. The van der Waals surface area contributed by atoms with E-state index in [1.54, 1.807) is 6.07 Å². The molecule has 106 valence electrons. The molecule has 0 radical (unpaired) electrons. The molecule has 0 bridgehead atoms. The smallest absolute Gasteiger partial charge is 0.123 e. The highest BCUT2D eigenvalue weighted by Gasteiger charge is 2.02. The lowest BCUT2D eigenvalue weighted by atomic mass is 10.1. The Morgan fingerprint density at radius 3 is 2.45 bits per heavy atom. The second-order valence-corrected chi connectivity index (χ2v) is 5.18. The van der Waals surface area contributed by atoms with E-state index in [-0.39, 0.29) is 11.9 Å². The van der Waals surface area contributed by atoms with E-state index in [9.17, 15) is 4.39 Å². The normalized spacial score (nSPS) is 12.2. The van der Waals surface area contributed by atoms with E-state index >= 15 is 0 Å². The molecule has 3 heteroatoms. The van der Waals surface area contributed by atoms with Crippen molar-refractivity contribution in [1.82, 2.24) is 0 Å². The maximum atomic E-state index is 13.0. The maximum Gasteiger partial charge on any atom is 0.123 e. The molecule has 2 nitrogen and oxygen atoms in total. The predicted octanol–water partition coefficient (Wildman–Crippen LogP) is 3.60. The highest BCUT2D eigenvalue weighted by Crippen LogP contribution is 2.17. The van der Waals surface area contributed by atoms with Crippen molar-refractivity contribution >= 4 is 0 Å². The van der Waals surface area contributed by atoms with Gasteiger partial charge in [0.2, 0.25) is 0 Å². The van der Waals surface area contributed by atoms with Crippen LogP contribution < -0.4 is 10.5 Å². The van der Waals surface area contributed by atoms with E-state index < -0.39 is 0 Å². The van der Waals surface area contributed by atoms with Gasteiger partial charge in [0.05, 0.1) is 0 Å². The molecule has 2 rings (SSSR count). The third-order valence-corrected chi connectivity index (χ3v) is 3.18. The maximum absolute atomic E-state index is 13.0. The van der Waals surface area contributed by atoms with Gasteiger partial charge in [0.15, 0.2) is 0 Å². The van der Waals surface area contributed by atoms with E-state index in [0.29, 0.717) is 6.61 Å². The highest BCUT2D eigenvalue weighted by molar-refractivity contribution is 5.30. The zero-order valence-electron chi connectivity index (χ0n) is 11.9. The van der Waals surface area contributed by atoms with Gasteiger partial charge in [-0.05, 0) is 61.2 Å². The van der Waals surface area contributed by atoms with Crippen LogP contribution in [0.1, 0.15) is 23.6 Å². The van der Waals surface area contributed by atoms with E-state index in [1.807, 2.05) is 38.1 Å². The fourth-order valence-electron chi connectivity index (χ4n) is 2.08. The van der Waals surface area contributed by atoms with Crippen LogP contribution in [0.5, 0.6) is 5.75 Å². The number of aryl methyl sites for hydroxylation is 1. The second kappa shape index (κ2) is 6.53. The van der Waals surface area contributed by atoms with Gasteiger partial charge in [-0.15, -0.1) is 0 Å². The van der Waals surface area contributed by atoms with Gasteiger partial charge in [0.25, 0.3) is 0 Å². The van der Waals surface area contributed by atoms with Crippen LogP contribution >= 0.6 is 0 Å². The summed E-state index contributed by atoms with van der Waals surface area (Å²) < 4.78 is 18.7. The summed E-state index contributed by atoms with van der Waals surface area (Å²) in [6, 6.07) is 12.8. The molecule has 0 saturated carbocycles. The Balaban J connectivity index is 1.96. The van der Waals surface area contributed by atoms with Crippen LogP contribution in [-0.2, 0) is 13.0 Å². The van der Waals surface area contributed by atoms with Gasteiger partial charge in [0, 0.05) is 6.04 Å². The van der Waals surface area contributed by atoms with E-state index in [4.69, 9.17) is 10.5 Å². The monoisotopic (exact) mass is 273 g/mol. The predicted molar refractivity (Wildman–Crippen MR) is 79.3 cm³/mol. The summed E-state index contributed by atoms with van der Waals surface area (Å²) >= 11 is 0. The molecule has 1 atom stereocenters. The number of hydrogen-bond acceptors (Lipinski definition) is 2. The molecule has 0 aliphatic carbocycles. The molecule has 0 fully saturated rings. The lowest BCUT2D eigenvalue weighted by molar-refractivity contribution is 0.305. The second-order valence-electron chi connectivity index (χ2n) is 5.18. The van der Waals surface area contributed by atoms with Gasteiger partial charge >= 0.3 is 0 Å². The van der Waals surface area contributed by atoms with Crippen molar-refractivity contribution in [2.24, 2.45) is 5.73 Å². The van der Waals surface area contributed by atoms with Gasteiger partial charge in [-0.25, -0.2) is 4.39 Å². The van der Waals surface area contributed by atoms with Gasteiger partial charge in [-0.3, -0.25) is 0 Å². The van der Waals surface area contributed by atoms with Crippen LogP contribution in [0.25, 0.3) is 0 Å². The van der Waals surface area contributed by atoms with E-state index in [0.717, 1.165) is 23.3 Å². The summed E-state index contributed by atoms with van der Waals surface area (Å²) in [5.74, 6) is 0.591. The van der Waals surface area contributed by atoms with Crippen LogP contribution in [0.15, 0.2) is 42.5 Å². The number of benzene rings is 2. The van der Waals surface area contributed by atoms with Gasteiger partial charge in [0.1, 0.15) is 18.2 Å². The minimum atomic E-state index is -0.216. The standard InChI is InChI=1S/C17H20FNO/c1-12-9-16(18)6-5-15(12)11-20-17-7-3-14(4-8-17)10-13(2)19/h3-9,13H,10-11,19H2,1-2H3. The van der Waals surface area contributed by atoms with Gasteiger partial charge < -0.3 is 10.5 Å². The largest absolute Gasteiger partial charge is 0.489 e. The Hall–Kier alpha value is -1.87. The Kier molecular flexibility index (Phi) is 4.74. The summed E-state index contributed by atoms with van der Waals surface area (Å²) in [6.07, 6.45) is 0.858. The Morgan fingerprint density at radius 1 is 1.15 bits per heavy atom. The summed E-state index contributed by atoms with van der Waals surface area (Å²) in [6.45, 7) is 4.31. The molecule has 0 heterocycles. The van der Waals surface area contributed by atoms with Crippen molar-refractivity contribution in [2.45, 2.75) is 32.9 Å². The van der Waals surface area contributed by atoms with Crippen molar-refractivity contribution in [3.8, 4) is 5.75 Å². The average molecular weight is 273 g/mol. The fraction of sp³-hybridized carbons (Fsp3) is 0.294. The summed E-state index contributed by atoms with van der Waals surface area (Å²) in [5, 5.41) is 0. The highest BCUT2D eigenvalue weighted by atomic mass is 19.1. The molecular weight excluding hydrogens is 253 g/mol. The average Bonchev–Trinajstić information content (AvgIpc) is 2.39. The molecule has 2 N–H and O–H groups in total. The Bertz CT molecular complexity index is 564. The first kappa shape index (κ1) is 14.5. The molecule has 0 aromatic heterocycles. The molecule has 0 spiro atoms. The topological polar surface area (TPSA) is 35.2 Å². The molecule has 0 amide bonds. The van der Waals surface area contributed by atoms with Crippen molar-refractivity contribution in [3.63, 3.8) is 0 Å². The van der Waals surface area contributed by atoms with E-state index in [2.05, 4.69) is 0 Å². The zero-order chi connectivity index (χ0) is 14.5. The lowest BCUT2D eigenvalue weighted by Gasteiger charge is -2.10. The summed E-state index contributed by atoms with van der Waals surface area (Å²) in [4.78, 5) is 0. The molecule has 0 aliphatic heterocycles. The van der Waals surface area contributed by atoms with Crippen molar-refractivity contribution < 1.29 is 9.13 Å². The van der Waals surface area contributed by atoms with Crippen molar-refractivity contribution in [3.05, 3.63) is 65.0 Å². The lowest BCUT2D eigenvalue weighted by Crippen LogP contribution is -2.17. The minimum absolute atomic E-state index is 0.156. The summed E-state index contributed by atoms with van der Waals surface area (Å²) in [5.41, 5.74) is 8.86. The first-order chi connectivity index (χ1) is 9.54. The zero-order valence-corrected chi connectivity index (χ0v) is 11.9.